The van der Waals surface area contributed by atoms with E-state index in [1.165, 1.54) is 6.42 Å². The Morgan fingerprint density at radius 1 is 1.42 bits per heavy atom. The highest BCUT2D eigenvalue weighted by molar-refractivity contribution is 5.91. The molecule has 3 atom stereocenters. The molecule has 106 valence electrons. The van der Waals surface area contributed by atoms with Crippen molar-refractivity contribution in [1.82, 2.24) is 15.5 Å². The smallest absolute Gasteiger partial charge is 0.244 e. The Morgan fingerprint density at radius 2 is 2.26 bits per heavy atom. The Kier molecular flexibility index (Phi) is 3.25. The minimum absolute atomic E-state index is 0.0584. The molecule has 0 spiro atoms. The first kappa shape index (κ1) is 12.9. The van der Waals surface area contributed by atoms with E-state index in [4.69, 9.17) is 0 Å². The van der Waals surface area contributed by atoms with Crippen molar-refractivity contribution in [2.75, 3.05) is 26.7 Å². The lowest BCUT2D eigenvalue weighted by atomic mass is 9.67. The molecule has 2 heterocycles. The fraction of sp³-hybridized carbons (Fsp3) is 0.857. The van der Waals surface area contributed by atoms with Crippen molar-refractivity contribution < 1.29 is 9.59 Å². The van der Waals surface area contributed by atoms with Gasteiger partial charge in [-0.25, -0.2) is 0 Å². The normalized spacial score (nSPS) is 38.4. The number of likely N-dealkylation sites (tertiary alicyclic amines) is 1. The highest BCUT2D eigenvalue weighted by Crippen LogP contribution is 2.44. The summed E-state index contributed by atoms with van der Waals surface area (Å²) >= 11 is 0. The second-order valence-electron chi connectivity index (χ2n) is 6.30. The summed E-state index contributed by atoms with van der Waals surface area (Å²) in [5.74, 6) is 0.620. The summed E-state index contributed by atoms with van der Waals surface area (Å²) in [5.41, 5.74) is -0.250. The standard InChI is InChI=1S/C14H23N3O2/c1-17-7-5-11(12(17)18)16-13(19)14-6-3-2-4-10(14)8-15-9-14/h10-11,15H,2-9H2,1H3,(H,16,19)/t10-,11?,14+/m0/s1. The second-order valence-corrected chi connectivity index (χ2v) is 6.30. The molecule has 1 aliphatic carbocycles. The third-order valence-corrected chi connectivity index (χ3v) is 5.22. The van der Waals surface area contributed by atoms with Gasteiger partial charge in [-0.05, 0) is 31.7 Å². The van der Waals surface area contributed by atoms with E-state index in [1.54, 1.807) is 11.9 Å². The van der Waals surface area contributed by atoms with Gasteiger partial charge in [0.15, 0.2) is 0 Å². The molecule has 1 saturated carbocycles. The van der Waals surface area contributed by atoms with Crippen LogP contribution in [0.5, 0.6) is 0 Å². The van der Waals surface area contributed by atoms with Gasteiger partial charge in [0.2, 0.25) is 11.8 Å². The Hall–Kier alpha value is -1.10. The van der Waals surface area contributed by atoms with Crippen LogP contribution in [-0.2, 0) is 9.59 Å². The van der Waals surface area contributed by atoms with Gasteiger partial charge in [0.05, 0.1) is 5.41 Å². The topological polar surface area (TPSA) is 61.4 Å². The van der Waals surface area contributed by atoms with Crippen LogP contribution in [0.3, 0.4) is 0 Å². The number of hydrogen-bond donors (Lipinski definition) is 2. The summed E-state index contributed by atoms with van der Waals surface area (Å²) < 4.78 is 0. The van der Waals surface area contributed by atoms with Gasteiger partial charge >= 0.3 is 0 Å². The number of likely N-dealkylation sites (N-methyl/N-ethyl adjacent to an activating group) is 1. The second kappa shape index (κ2) is 4.78. The average molecular weight is 265 g/mol. The molecule has 3 rings (SSSR count). The zero-order valence-corrected chi connectivity index (χ0v) is 11.6. The Morgan fingerprint density at radius 3 is 3.00 bits per heavy atom. The Labute approximate surface area is 114 Å². The van der Waals surface area contributed by atoms with E-state index in [0.717, 1.165) is 45.3 Å². The van der Waals surface area contributed by atoms with Crippen molar-refractivity contribution in [3.05, 3.63) is 0 Å². The monoisotopic (exact) mass is 265 g/mol. The molecule has 0 radical (unpaired) electrons. The summed E-state index contributed by atoms with van der Waals surface area (Å²) in [4.78, 5) is 26.3. The lowest BCUT2D eigenvalue weighted by molar-refractivity contribution is -0.138. The average Bonchev–Trinajstić information content (AvgIpc) is 2.98. The van der Waals surface area contributed by atoms with Crippen LogP contribution in [0.15, 0.2) is 0 Å². The van der Waals surface area contributed by atoms with E-state index in [0.29, 0.717) is 5.92 Å². The lowest BCUT2D eigenvalue weighted by Crippen LogP contribution is -2.52. The van der Waals surface area contributed by atoms with Gasteiger partial charge in [0, 0.05) is 20.1 Å². The molecule has 0 aromatic carbocycles. The highest BCUT2D eigenvalue weighted by atomic mass is 16.2. The van der Waals surface area contributed by atoms with Crippen LogP contribution in [0.2, 0.25) is 0 Å². The maximum Gasteiger partial charge on any atom is 0.244 e. The largest absolute Gasteiger partial charge is 0.344 e. The molecular weight excluding hydrogens is 242 g/mol. The van der Waals surface area contributed by atoms with Crippen molar-refractivity contribution in [2.45, 2.75) is 38.1 Å². The van der Waals surface area contributed by atoms with Crippen molar-refractivity contribution in [1.29, 1.82) is 0 Å². The maximum atomic E-state index is 12.7. The molecule has 1 unspecified atom stereocenters. The van der Waals surface area contributed by atoms with E-state index >= 15 is 0 Å². The molecule has 0 aromatic heterocycles. The van der Waals surface area contributed by atoms with E-state index in [9.17, 15) is 9.59 Å². The van der Waals surface area contributed by atoms with Gasteiger partial charge < -0.3 is 15.5 Å². The predicted molar refractivity (Wildman–Crippen MR) is 71.4 cm³/mol. The summed E-state index contributed by atoms with van der Waals surface area (Å²) in [5, 5.41) is 6.40. The predicted octanol–water partition coefficient (Wildman–Crippen LogP) is 0.113. The fourth-order valence-electron chi connectivity index (χ4n) is 3.95. The molecule has 2 N–H and O–H groups in total. The third-order valence-electron chi connectivity index (χ3n) is 5.22. The zero-order valence-electron chi connectivity index (χ0n) is 11.6. The van der Waals surface area contributed by atoms with Crippen molar-refractivity contribution in [3.8, 4) is 0 Å². The molecule has 0 bridgehead atoms. The number of nitrogens with one attached hydrogen (secondary N) is 2. The van der Waals surface area contributed by atoms with Crippen molar-refractivity contribution in [2.24, 2.45) is 11.3 Å². The molecule has 19 heavy (non-hydrogen) atoms. The SMILES string of the molecule is CN1CCC(NC(=O)[C@@]23CCCC[C@H]2CNC3)C1=O. The first-order valence-electron chi connectivity index (χ1n) is 7.40. The van der Waals surface area contributed by atoms with Gasteiger partial charge in [-0.2, -0.15) is 0 Å². The Balaban J connectivity index is 1.71. The molecule has 2 amide bonds. The van der Waals surface area contributed by atoms with Gasteiger partial charge in [0.1, 0.15) is 6.04 Å². The van der Waals surface area contributed by atoms with Gasteiger partial charge in [-0.3, -0.25) is 9.59 Å². The summed E-state index contributed by atoms with van der Waals surface area (Å²) in [7, 11) is 1.80. The summed E-state index contributed by atoms with van der Waals surface area (Å²) in [6, 6.07) is -0.296. The first-order valence-corrected chi connectivity index (χ1v) is 7.40. The number of carbonyl (C=O) groups excluding carboxylic acids is 2. The molecule has 5 heteroatoms. The number of hydrogen-bond acceptors (Lipinski definition) is 3. The van der Waals surface area contributed by atoms with E-state index in [1.807, 2.05) is 0 Å². The third kappa shape index (κ3) is 2.04. The molecule has 3 fully saturated rings. The van der Waals surface area contributed by atoms with Crippen LogP contribution in [-0.4, -0.2) is 49.4 Å². The minimum atomic E-state index is -0.296. The van der Waals surface area contributed by atoms with Gasteiger partial charge in [-0.15, -0.1) is 0 Å². The molecule has 2 saturated heterocycles. The molecule has 0 aromatic rings. The van der Waals surface area contributed by atoms with E-state index in [-0.39, 0.29) is 23.3 Å². The van der Waals surface area contributed by atoms with Crippen LogP contribution in [0.1, 0.15) is 32.1 Å². The number of carbonyl (C=O) groups is 2. The van der Waals surface area contributed by atoms with E-state index in [2.05, 4.69) is 10.6 Å². The number of fused-ring (bicyclic) bond motifs is 1. The minimum Gasteiger partial charge on any atom is -0.344 e. The van der Waals surface area contributed by atoms with Crippen molar-refractivity contribution in [3.63, 3.8) is 0 Å². The van der Waals surface area contributed by atoms with Crippen LogP contribution in [0.25, 0.3) is 0 Å². The molecule has 2 aliphatic heterocycles. The number of amides is 2. The van der Waals surface area contributed by atoms with Gasteiger partial charge in [0.25, 0.3) is 0 Å². The highest BCUT2D eigenvalue weighted by Gasteiger charge is 2.50. The number of rotatable bonds is 2. The van der Waals surface area contributed by atoms with Crippen molar-refractivity contribution >= 4 is 11.8 Å². The molecule has 5 nitrogen and oxygen atoms in total. The summed E-state index contributed by atoms with van der Waals surface area (Å²) in [6.45, 7) is 2.48. The van der Waals surface area contributed by atoms with Crippen LogP contribution in [0.4, 0.5) is 0 Å². The van der Waals surface area contributed by atoms with E-state index < -0.39 is 0 Å². The first-order chi connectivity index (χ1) is 9.13. The lowest BCUT2D eigenvalue weighted by Gasteiger charge is -2.37. The molecule has 3 aliphatic rings. The van der Waals surface area contributed by atoms with Gasteiger partial charge in [-0.1, -0.05) is 12.8 Å². The molecular formula is C14H23N3O2. The van der Waals surface area contributed by atoms with Crippen LogP contribution < -0.4 is 10.6 Å². The van der Waals surface area contributed by atoms with Crippen LogP contribution >= 0.6 is 0 Å². The maximum absolute atomic E-state index is 12.7. The summed E-state index contributed by atoms with van der Waals surface area (Å²) in [6.07, 6.45) is 5.21. The van der Waals surface area contributed by atoms with Crippen LogP contribution in [0, 0.1) is 11.3 Å². The quantitative estimate of drug-likeness (QED) is 0.745. The zero-order chi connectivity index (χ0) is 13.5. The number of nitrogens with zero attached hydrogens (tertiary/aromatic N) is 1. The fourth-order valence-corrected chi connectivity index (χ4v) is 3.95. The Bertz CT molecular complexity index is 398.